The van der Waals surface area contributed by atoms with Crippen molar-refractivity contribution in [1.82, 2.24) is 9.80 Å². The van der Waals surface area contributed by atoms with Crippen LogP contribution in [0.4, 0.5) is 0 Å². The van der Waals surface area contributed by atoms with Crippen LogP contribution in [0.25, 0.3) is 0 Å². The molecule has 2 aliphatic rings. The number of hydrogen-bond acceptors (Lipinski definition) is 5. The SMILES string of the molecule is BrCCCCCBr.C[C@@H](CCl)N1CCCCC1.C[C@@H](CO)N1CCCCC1.C[C@H](N)CO. The number of alkyl halides is 3. The van der Waals surface area contributed by atoms with Gasteiger partial charge >= 0.3 is 0 Å². The summed E-state index contributed by atoms with van der Waals surface area (Å²) in [5.41, 5.74) is 5.04. The molecule has 2 fully saturated rings. The Kier molecular flexibility index (Phi) is 29.3. The molecule has 0 radical (unpaired) electrons. The lowest BCUT2D eigenvalue weighted by atomic mass is 10.1. The summed E-state index contributed by atoms with van der Waals surface area (Å²) < 4.78 is 0. The number of likely N-dealkylation sites (tertiary alicyclic amines) is 2. The summed E-state index contributed by atoms with van der Waals surface area (Å²) >= 11 is 12.5. The second-order valence-corrected chi connectivity index (χ2v) is 10.7. The smallest absolute Gasteiger partial charge is 0.0584 e. The number of rotatable bonds is 9. The summed E-state index contributed by atoms with van der Waals surface area (Å²) in [6, 6.07) is 0.900. The average molecular weight is 610 g/mol. The Morgan fingerprint density at radius 3 is 1.38 bits per heavy atom. The van der Waals surface area contributed by atoms with E-state index in [0.29, 0.717) is 18.7 Å². The van der Waals surface area contributed by atoms with E-state index in [2.05, 4.69) is 55.5 Å². The topological polar surface area (TPSA) is 73.0 Å². The van der Waals surface area contributed by atoms with Crippen molar-refractivity contribution in [3.05, 3.63) is 0 Å². The predicted octanol–water partition coefficient (Wildman–Crippen LogP) is 5.23. The van der Waals surface area contributed by atoms with Crippen LogP contribution < -0.4 is 5.73 Å². The summed E-state index contributed by atoms with van der Waals surface area (Å²) in [6.07, 6.45) is 12.1. The van der Waals surface area contributed by atoms with Crippen LogP contribution in [0.3, 0.4) is 0 Å². The summed E-state index contributed by atoms with van der Waals surface area (Å²) in [6.45, 7) is 11.3. The number of aliphatic hydroxyl groups excluding tert-OH is 2. The molecule has 8 heteroatoms. The van der Waals surface area contributed by atoms with Gasteiger partial charge in [-0.05, 0) is 85.5 Å². The maximum atomic E-state index is 8.85. The van der Waals surface area contributed by atoms with E-state index in [1.165, 1.54) is 84.0 Å². The van der Waals surface area contributed by atoms with E-state index in [1.54, 1.807) is 6.92 Å². The third-order valence-electron chi connectivity index (χ3n) is 5.57. The molecule has 0 aromatic rings. The van der Waals surface area contributed by atoms with Gasteiger partial charge in [-0.1, -0.05) is 51.1 Å². The highest BCUT2D eigenvalue weighted by molar-refractivity contribution is 9.09. The number of unbranched alkanes of at least 4 members (excludes halogenated alkanes) is 2. The quantitative estimate of drug-likeness (QED) is 0.247. The van der Waals surface area contributed by atoms with Crippen molar-refractivity contribution < 1.29 is 10.2 Å². The van der Waals surface area contributed by atoms with Gasteiger partial charge in [-0.2, -0.15) is 0 Å². The first kappa shape index (κ1) is 35.2. The van der Waals surface area contributed by atoms with Crippen LogP contribution in [-0.2, 0) is 0 Å². The van der Waals surface area contributed by atoms with E-state index < -0.39 is 0 Å². The Morgan fingerprint density at radius 2 is 1.09 bits per heavy atom. The van der Waals surface area contributed by atoms with Gasteiger partial charge in [0, 0.05) is 34.7 Å². The number of hydrogen-bond donors (Lipinski definition) is 3. The zero-order chi connectivity index (χ0) is 24.6. The first-order valence-corrected chi connectivity index (χ1v) is 15.3. The molecule has 4 N–H and O–H groups in total. The fourth-order valence-corrected chi connectivity index (χ4v) is 4.29. The van der Waals surface area contributed by atoms with Gasteiger partial charge in [0.1, 0.15) is 0 Å². The molecular formula is C24H52Br2ClN3O2. The van der Waals surface area contributed by atoms with Crippen LogP contribution in [0.15, 0.2) is 0 Å². The number of halogens is 3. The van der Waals surface area contributed by atoms with Gasteiger partial charge in [-0.3, -0.25) is 9.80 Å². The lowest BCUT2D eigenvalue weighted by molar-refractivity contribution is 0.115. The van der Waals surface area contributed by atoms with Gasteiger partial charge in [0.2, 0.25) is 0 Å². The fourth-order valence-electron chi connectivity index (χ4n) is 3.30. The number of nitrogens with two attached hydrogens (primary N) is 1. The van der Waals surface area contributed by atoms with Crippen molar-refractivity contribution in [3.8, 4) is 0 Å². The molecule has 0 aromatic heterocycles. The lowest BCUT2D eigenvalue weighted by Gasteiger charge is -2.30. The van der Waals surface area contributed by atoms with Gasteiger partial charge in [-0.25, -0.2) is 0 Å². The minimum Gasteiger partial charge on any atom is -0.395 e. The van der Waals surface area contributed by atoms with Crippen molar-refractivity contribution in [2.45, 2.75) is 96.7 Å². The molecule has 0 aliphatic carbocycles. The molecule has 0 spiro atoms. The van der Waals surface area contributed by atoms with E-state index >= 15 is 0 Å². The Labute approximate surface area is 221 Å². The molecule has 2 aliphatic heterocycles. The van der Waals surface area contributed by atoms with Crippen LogP contribution in [-0.4, -0.2) is 94.1 Å². The van der Waals surface area contributed by atoms with Crippen LogP contribution in [0, 0.1) is 0 Å². The summed E-state index contributed by atoms with van der Waals surface area (Å²) in [7, 11) is 0. The first-order valence-electron chi connectivity index (χ1n) is 12.5. The highest BCUT2D eigenvalue weighted by Gasteiger charge is 2.15. The molecule has 2 heterocycles. The van der Waals surface area contributed by atoms with E-state index in [0.717, 1.165) is 16.5 Å². The lowest BCUT2D eigenvalue weighted by Crippen LogP contribution is -2.39. The molecule has 0 amide bonds. The molecule has 0 aromatic carbocycles. The highest BCUT2D eigenvalue weighted by Crippen LogP contribution is 2.12. The van der Waals surface area contributed by atoms with Crippen LogP contribution in [0.2, 0.25) is 0 Å². The molecule has 2 saturated heterocycles. The zero-order valence-electron chi connectivity index (χ0n) is 21.0. The van der Waals surface area contributed by atoms with Crippen molar-refractivity contribution in [2.24, 2.45) is 5.73 Å². The average Bonchev–Trinajstić information content (AvgIpc) is 2.85. The van der Waals surface area contributed by atoms with Crippen LogP contribution >= 0.6 is 43.5 Å². The second-order valence-electron chi connectivity index (χ2n) is 8.83. The van der Waals surface area contributed by atoms with Gasteiger partial charge in [0.15, 0.2) is 0 Å². The number of nitrogens with zero attached hydrogens (tertiary/aromatic N) is 2. The first-order chi connectivity index (χ1) is 15.4. The van der Waals surface area contributed by atoms with Gasteiger partial charge in [0.25, 0.3) is 0 Å². The van der Waals surface area contributed by atoms with E-state index in [4.69, 9.17) is 27.5 Å². The van der Waals surface area contributed by atoms with Crippen LogP contribution in [0.1, 0.15) is 78.6 Å². The number of aliphatic hydroxyl groups is 2. The minimum atomic E-state index is -0.0602. The monoisotopic (exact) mass is 607 g/mol. The van der Waals surface area contributed by atoms with E-state index in [1.807, 2.05) is 0 Å². The third-order valence-corrected chi connectivity index (χ3v) is 7.14. The van der Waals surface area contributed by atoms with E-state index in [9.17, 15) is 0 Å². The summed E-state index contributed by atoms with van der Waals surface area (Å²) in [5, 5.41) is 19.2. The van der Waals surface area contributed by atoms with Gasteiger partial charge in [0.05, 0.1) is 13.2 Å². The summed E-state index contributed by atoms with van der Waals surface area (Å²) in [5.74, 6) is 0.778. The molecule has 0 unspecified atom stereocenters. The molecule has 5 nitrogen and oxygen atoms in total. The Hall–Kier alpha value is 1.05. The molecular weight excluding hydrogens is 558 g/mol. The minimum absolute atomic E-state index is 0.0602. The third kappa shape index (κ3) is 22.8. The predicted molar refractivity (Wildman–Crippen MR) is 150 cm³/mol. The van der Waals surface area contributed by atoms with Crippen molar-refractivity contribution in [2.75, 3.05) is 55.9 Å². The zero-order valence-corrected chi connectivity index (χ0v) is 24.9. The normalized spacial score (nSPS) is 19.8. The maximum Gasteiger partial charge on any atom is 0.0584 e. The van der Waals surface area contributed by atoms with Gasteiger partial charge < -0.3 is 15.9 Å². The Morgan fingerprint density at radius 1 is 0.719 bits per heavy atom. The molecule has 0 bridgehead atoms. The molecule has 3 atom stereocenters. The van der Waals surface area contributed by atoms with Crippen molar-refractivity contribution in [3.63, 3.8) is 0 Å². The largest absolute Gasteiger partial charge is 0.395 e. The standard InChI is InChI=1S/C8H16ClN.C8H17NO.C5H10Br2.C3H9NO/c1-8(7-9)10-5-3-2-4-6-10;1-8(7-10)9-5-3-2-4-6-9;6-4-2-1-3-5-7;1-3(4)2-5/h8H,2-7H2,1H3;8,10H,2-7H2,1H3;1-5H2;3,5H,2,4H2,1H3/t2*8-;;3-/m00.0/s1. The molecule has 2 rings (SSSR count). The molecule has 196 valence electrons. The number of piperidine rings is 2. The Bertz CT molecular complexity index is 332. The maximum absolute atomic E-state index is 8.85. The van der Waals surface area contributed by atoms with Crippen LogP contribution in [0.5, 0.6) is 0 Å². The molecule has 0 saturated carbocycles. The van der Waals surface area contributed by atoms with Gasteiger partial charge in [-0.15, -0.1) is 11.6 Å². The summed E-state index contributed by atoms with van der Waals surface area (Å²) in [4.78, 5) is 4.85. The van der Waals surface area contributed by atoms with Crippen molar-refractivity contribution in [1.29, 1.82) is 0 Å². The highest BCUT2D eigenvalue weighted by atomic mass is 79.9. The second kappa shape index (κ2) is 26.7. The molecule has 32 heavy (non-hydrogen) atoms. The fraction of sp³-hybridized carbons (Fsp3) is 1.00. The van der Waals surface area contributed by atoms with Crippen molar-refractivity contribution >= 4 is 43.5 Å². The Balaban J connectivity index is 0. The van der Waals surface area contributed by atoms with E-state index in [-0.39, 0.29) is 12.6 Å².